The number of anilines is 2. The fourth-order valence-electron chi connectivity index (χ4n) is 4.38. The van der Waals surface area contributed by atoms with Crippen LogP contribution in [0.1, 0.15) is 32.6 Å². The minimum absolute atomic E-state index is 0.122. The van der Waals surface area contributed by atoms with Crippen LogP contribution in [0.2, 0.25) is 0 Å². The summed E-state index contributed by atoms with van der Waals surface area (Å²) in [5, 5.41) is 0. The number of carbonyl (C=O) groups is 2. The molecule has 0 unspecified atom stereocenters. The number of primary amides is 1. The summed E-state index contributed by atoms with van der Waals surface area (Å²) in [6.07, 6.45) is 3.43. The number of fused-ring (bicyclic) bond motifs is 1. The topological polar surface area (TPSA) is 82.2 Å². The smallest absolute Gasteiger partial charge is 0.325 e. The van der Waals surface area contributed by atoms with Gasteiger partial charge in [-0.3, -0.25) is 14.7 Å². The van der Waals surface area contributed by atoms with Gasteiger partial charge in [-0.1, -0.05) is 6.92 Å². The van der Waals surface area contributed by atoms with Crippen LogP contribution in [0.3, 0.4) is 0 Å². The summed E-state index contributed by atoms with van der Waals surface area (Å²) >= 11 is 0. The lowest BCUT2D eigenvalue weighted by Crippen LogP contribution is -2.52. The first-order chi connectivity index (χ1) is 12.6. The van der Waals surface area contributed by atoms with Gasteiger partial charge in [0.15, 0.2) is 0 Å². The Morgan fingerprint density at radius 2 is 1.85 bits per heavy atom. The number of hydrogen-bond acceptors (Lipinski definition) is 4. The van der Waals surface area contributed by atoms with Crippen LogP contribution in [0.4, 0.5) is 16.2 Å². The number of hydrogen-bond donors (Lipinski definition) is 1. The Hall–Kier alpha value is -2.57. The van der Waals surface area contributed by atoms with Crippen LogP contribution in [0.5, 0.6) is 0 Å². The van der Waals surface area contributed by atoms with Gasteiger partial charge in [-0.15, -0.1) is 0 Å². The van der Waals surface area contributed by atoms with E-state index < -0.39 is 11.4 Å². The predicted molar refractivity (Wildman–Crippen MR) is 102 cm³/mol. The third-order valence-electron chi connectivity index (χ3n) is 5.76. The number of nitrogens with zero attached hydrogens (tertiary/aromatic N) is 4. The lowest BCUT2D eigenvalue weighted by atomic mass is 9.96. The highest BCUT2D eigenvalue weighted by Crippen LogP contribution is 2.39. The number of urea groups is 1. The highest BCUT2D eigenvalue weighted by Gasteiger charge is 2.56. The molecule has 7 heteroatoms. The SMILES string of the molecule is CCC1=NCCCN1c1ccc(N2C[C@@]3(C(N)=O)CCCN3C2=O)cc1. The van der Waals surface area contributed by atoms with Gasteiger partial charge in [-0.25, -0.2) is 4.79 Å². The van der Waals surface area contributed by atoms with Crippen LogP contribution in [-0.2, 0) is 4.79 Å². The Morgan fingerprint density at radius 1 is 1.15 bits per heavy atom. The van der Waals surface area contributed by atoms with Crippen LogP contribution in [0, 0.1) is 0 Å². The normalized spacial score (nSPS) is 25.5. The summed E-state index contributed by atoms with van der Waals surface area (Å²) in [7, 11) is 0. The van der Waals surface area contributed by atoms with Gasteiger partial charge >= 0.3 is 6.03 Å². The summed E-state index contributed by atoms with van der Waals surface area (Å²) in [6.45, 7) is 4.91. The Balaban J connectivity index is 1.58. The van der Waals surface area contributed by atoms with Crippen LogP contribution in [-0.4, -0.2) is 54.4 Å². The molecule has 0 aliphatic carbocycles. The molecule has 26 heavy (non-hydrogen) atoms. The standard InChI is InChI=1S/C19H25N5O2/c1-2-16-21-10-4-11-22(16)14-5-7-15(8-6-14)23-13-19(17(20)25)9-3-12-24(19)18(23)26/h5-8H,2-4,9-13H2,1H3,(H2,20,25)/t19-/m1/s1. The maximum absolute atomic E-state index is 12.8. The largest absolute Gasteiger partial charge is 0.368 e. The van der Waals surface area contributed by atoms with Crippen LogP contribution >= 0.6 is 0 Å². The van der Waals surface area contributed by atoms with E-state index in [2.05, 4.69) is 16.8 Å². The van der Waals surface area contributed by atoms with E-state index in [-0.39, 0.29) is 6.03 Å². The van der Waals surface area contributed by atoms with Gasteiger partial charge in [0.05, 0.1) is 6.54 Å². The molecular weight excluding hydrogens is 330 g/mol. The summed E-state index contributed by atoms with van der Waals surface area (Å²) in [5.41, 5.74) is 6.70. The van der Waals surface area contributed by atoms with Crippen molar-refractivity contribution in [2.24, 2.45) is 10.7 Å². The number of rotatable bonds is 4. The molecule has 0 aromatic heterocycles. The summed E-state index contributed by atoms with van der Waals surface area (Å²) < 4.78 is 0. The predicted octanol–water partition coefficient (Wildman–Crippen LogP) is 1.97. The molecule has 2 fully saturated rings. The number of nitrogens with two attached hydrogens (primary N) is 1. The van der Waals surface area contributed by atoms with Crippen LogP contribution in [0.25, 0.3) is 0 Å². The molecule has 2 saturated heterocycles. The van der Waals surface area contributed by atoms with E-state index in [1.165, 1.54) is 0 Å². The Kier molecular flexibility index (Phi) is 4.09. The molecule has 3 heterocycles. The average Bonchev–Trinajstić information content (AvgIpc) is 3.21. The second-order valence-corrected chi connectivity index (χ2v) is 7.19. The molecule has 3 aliphatic heterocycles. The van der Waals surface area contributed by atoms with Crippen molar-refractivity contribution in [1.29, 1.82) is 0 Å². The minimum Gasteiger partial charge on any atom is -0.368 e. The van der Waals surface area contributed by atoms with Crippen molar-refractivity contribution in [3.8, 4) is 0 Å². The molecule has 1 aromatic carbocycles. The lowest BCUT2D eigenvalue weighted by Gasteiger charge is -2.29. The molecule has 138 valence electrons. The van der Waals surface area contributed by atoms with Crippen LogP contribution < -0.4 is 15.5 Å². The lowest BCUT2D eigenvalue weighted by molar-refractivity contribution is -0.125. The zero-order chi connectivity index (χ0) is 18.3. The molecular formula is C19H25N5O2. The third kappa shape index (κ3) is 2.45. The van der Waals surface area contributed by atoms with E-state index in [1.54, 1.807) is 9.80 Å². The van der Waals surface area contributed by atoms with Gasteiger partial charge < -0.3 is 15.5 Å². The van der Waals surface area contributed by atoms with Gasteiger partial charge in [0, 0.05) is 37.4 Å². The van der Waals surface area contributed by atoms with Gasteiger partial charge in [0.1, 0.15) is 11.4 Å². The maximum atomic E-state index is 12.8. The zero-order valence-electron chi connectivity index (χ0n) is 15.1. The van der Waals surface area contributed by atoms with Crippen molar-refractivity contribution in [3.05, 3.63) is 24.3 Å². The number of benzene rings is 1. The molecule has 0 saturated carbocycles. The molecule has 0 spiro atoms. The fourth-order valence-corrected chi connectivity index (χ4v) is 4.38. The van der Waals surface area contributed by atoms with Crippen molar-refractivity contribution >= 4 is 29.1 Å². The summed E-state index contributed by atoms with van der Waals surface area (Å²) in [5.74, 6) is 0.703. The summed E-state index contributed by atoms with van der Waals surface area (Å²) in [4.78, 5) is 35.0. The fraction of sp³-hybridized carbons (Fsp3) is 0.526. The molecule has 0 radical (unpaired) electrons. The van der Waals surface area contributed by atoms with E-state index in [4.69, 9.17) is 5.73 Å². The van der Waals surface area contributed by atoms with E-state index >= 15 is 0 Å². The Labute approximate surface area is 153 Å². The number of aliphatic imine (C=N–C) groups is 1. The van der Waals surface area contributed by atoms with E-state index in [1.807, 2.05) is 24.3 Å². The van der Waals surface area contributed by atoms with E-state index in [9.17, 15) is 9.59 Å². The monoisotopic (exact) mass is 355 g/mol. The highest BCUT2D eigenvalue weighted by atomic mass is 16.2. The van der Waals surface area contributed by atoms with Crippen LogP contribution in [0.15, 0.2) is 29.3 Å². The first-order valence-corrected chi connectivity index (χ1v) is 9.37. The van der Waals surface area contributed by atoms with E-state index in [0.29, 0.717) is 19.5 Å². The molecule has 1 aromatic rings. The number of carbonyl (C=O) groups excluding carboxylic acids is 2. The molecule has 4 rings (SSSR count). The van der Waals surface area contributed by atoms with Crippen molar-refractivity contribution < 1.29 is 9.59 Å². The van der Waals surface area contributed by atoms with Gasteiger partial charge in [0.2, 0.25) is 5.91 Å². The summed E-state index contributed by atoms with van der Waals surface area (Å²) in [6, 6.07) is 7.83. The molecule has 3 amide bonds. The zero-order valence-corrected chi connectivity index (χ0v) is 15.1. The average molecular weight is 355 g/mol. The Bertz CT molecular complexity index is 760. The highest BCUT2D eigenvalue weighted by molar-refractivity contribution is 6.03. The molecule has 7 nitrogen and oxygen atoms in total. The minimum atomic E-state index is -0.843. The van der Waals surface area contributed by atoms with Crippen molar-refractivity contribution in [2.45, 2.75) is 38.1 Å². The second kappa shape index (κ2) is 6.30. The number of amidine groups is 1. The molecule has 2 N–H and O–H groups in total. The molecule has 0 bridgehead atoms. The first-order valence-electron chi connectivity index (χ1n) is 9.37. The van der Waals surface area contributed by atoms with Gasteiger partial charge in [-0.2, -0.15) is 0 Å². The third-order valence-corrected chi connectivity index (χ3v) is 5.76. The number of amides is 3. The maximum Gasteiger partial charge on any atom is 0.325 e. The first kappa shape index (κ1) is 16.9. The van der Waals surface area contributed by atoms with Gasteiger partial charge in [0.25, 0.3) is 0 Å². The quantitative estimate of drug-likeness (QED) is 0.896. The Morgan fingerprint density at radius 3 is 2.46 bits per heavy atom. The van der Waals surface area contributed by atoms with Crippen molar-refractivity contribution in [1.82, 2.24) is 4.90 Å². The van der Waals surface area contributed by atoms with E-state index in [0.717, 1.165) is 49.6 Å². The van der Waals surface area contributed by atoms with Crippen molar-refractivity contribution in [2.75, 3.05) is 36.0 Å². The molecule has 1 atom stereocenters. The second-order valence-electron chi connectivity index (χ2n) is 7.19. The van der Waals surface area contributed by atoms with Crippen molar-refractivity contribution in [3.63, 3.8) is 0 Å². The van der Waals surface area contributed by atoms with Gasteiger partial charge in [-0.05, 0) is 43.5 Å². The molecule has 3 aliphatic rings.